The van der Waals surface area contributed by atoms with Crippen LogP contribution in [0.5, 0.6) is 0 Å². The molecule has 1 aromatic rings. The highest BCUT2D eigenvalue weighted by atomic mass is 16.3. The lowest BCUT2D eigenvalue weighted by Gasteiger charge is -2.38. The maximum absolute atomic E-state index is 12.3. The van der Waals surface area contributed by atoms with Crippen LogP contribution in [-0.2, 0) is 6.54 Å². The molecule has 1 aliphatic heterocycles. The third-order valence-electron chi connectivity index (χ3n) is 4.42. The zero-order valence-corrected chi connectivity index (χ0v) is 14.4. The molecule has 24 heavy (non-hydrogen) atoms. The Bertz CT molecular complexity index is 523. The summed E-state index contributed by atoms with van der Waals surface area (Å²) in [5.74, 6) is 0.367. The van der Waals surface area contributed by atoms with Crippen molar-refractivity contribution in [3.05, 3.63) is 42.7 Å². The smallest absolute Gasteiger partial charge is 0.317 e. The van der Waals surface area contributed by atoms with Crippen LogP contribution in [0.4, 0.5) is 4.79 Å². The van der Waals surface area contributed by atoms with Crippen molar-refractivity contribution in [2.75, 3.05) is 32.8 Å². The highest BCUT2D eigenvalue weighted by Crippen LogP contribution is 2.18. The van der Waals surface area contributed by atoms with Crippen molar-refractivity contribution < 1.29 is 9.90 Å². The number of piperidine rings is 1. The molecule has 1 aliphatic rings. The topological polar surface area (TPSA) is 68.7 Å². The molecule has 0 saturated carbocycles. The zero-order valence-electron chi connectivity index (χ0n) is 14.4. The molecule has 6 nitrogen and oxygen atoms in total. The fourth-order valence-electron chi connectivity index (χ4n) is 3.11. The van der Waals surface area contributed by atoms with E-state index in [0.717, 1.165) is 31.7 Å². The van der Waals surface area contributed by atoms with E-state index in [-0.39, 0.29) is 18.7 Å². The molecule has 1 aromatic heterocycles. The number of likely N-dealkylation sites (tertiary alicyclic amines) is 1. The lowest BCUT2D eigenvalue weighted by atomic mass is 9.94. The van der Waals surface area contributed by atoms with E-state index in [1.54, 1.807) is 11.0 Å². The third kappa shape index (κ3) is 5.32. The Kier molecular flexibility index (Phi) is 7.21. The molecular weight excluding hydrogens is 304 g/mol. The van der Waals surface area contributed by atoms with Gasteiger partial charge in [0.25, 0.3) is 0 Å². The average Bonchev–Trinajstić information content (AvgIpc) is 2.58. The van der Waals surface area contributed by atoms with E-state index in [4.69, 9.17) is 5.11 Å². The van der Waals surface area contributed by atoms with E-state index >= 15 is 0 Å². The van der Waals surface area contributed by atoms with Gasteiger partial charge in [-0.3, -0.25) is 9.88 Å². The molecular formula is C18H28N4O2. The van der Waals surface area contributed by atoms with Gasteiger partial charge in [-0.15, -0.1) is 6.58 Å². The predicted octanol–water partition coefficient (Wildman–Crippen LogP) is 1.48. The first kappa shape index (κ1) is 18.4. The van der Waals surface area contributed by atoms with Crippen molar-refractivity contribution in [2.45, 2.75) is 25.9 Å². The Labute approximate surface area is 144 Å². The van der Waals surface area contributed by atoms with Gasteiger partial charge in [-0.2, -0.15) is 0 Å². The number of pyridine rings is 1. The molecule has 2 heterocycles. The van der Waals surface area contributed by atoms with Gasteiger partial charge in [0.2, 0.25) is 0 Å². The maximum Gasteiger partial charge on any atom is 0.317 e. The summed E-state index contributed by atoms with van der Waals surface area (Å²) < 4.78 is 0. The number of aliphatic hydroxyl groups excluding tert-OH is 1. The summed E-state index contributed by atoms with van der Waals surface area (Å²) in [5, 5.41) is 12.2. The second-order valence-corrected chi connectivity index (χ2v) is 6.34. The van der Waals surface area contributed by atoms with Crippen LogP contribution >= 0.6 is 0 Å². The number of aromatic nitrogens is 1. The summed E-state index contributed by atoms with van der Waals surface area (Å²) in [6.45, 7) is 9.27. The standard InChI is InChI=1S/C18H28N4O2/c1-3-9-22(11-12-23)18(24)20-17-7-10-21(13-15(17)2)14-16-6-4-5-8-19-16/h3-6,8,15,17,23H,1,7,9-14H2,2H3,(H,20,24). The lowest BCUT2D eigenvalue weighted by Crippen LogP contribution is -2.53. The van der Waals surface area contributed by atoms with Gasteiger partial charge in [-0.1, -0.05) is 19.1 Å². The largest absolute Gasteiger partial charge is 0.395 e. The molecule has 2 amide bonds. The number of carbonyl (C=O) groups is 1. The first-order valence-electron chi connectivity index (χ1n) is 8.53. The first-order chi connectivity index (χ1) is 11.6. The summed E-state index contributed by atoms with van der Waals surface area (Å²) >= 11 is 0. The van der Waals surface area contributed by atoms with Crippen LogP contribution in [0.1, 0.15) is 19.0 Å². The Morgan fingerprint density at radius 1 is 1.58 bits per heavy atom. The van der Waals surface area contributed by atoms with Gasteiger partial charge in [0.05, 0.1) is 12.3 Å². The summed E-state index contributed by atoms with van der Waals surface area (Å²) in [6, 6.07) is 6.01. The van der Waals surface area contributed by atoms with Crippen molar-refractivity contribution in [1.82, 2.24) is 20.1 Å². The van der Waals surface area contributed by atoms with E-state index in [1.165, 1.54) is 0 Å². The fraction of sp³-hybridized carbons (Fsp3) is 0.556. The number of hydrogen-bond donors (Lipinski definition) is 2. The number of rotatable bonds is 7. The summed E-state index contributed by atoms with van der Waals surface area (Å²) in [6.07, 6.45) is 4.41. The molecule has 0 bridgehead atoms. The van der Waals surface area contributed by atoms with Gasteiger partial charge in [0.1, 0.15) is 0 Å². The van der Waals surface area contributed by atoms with E-state index < -0.39 is 0 Å². The monoisotopic (exact) mass is 332 g/mol. The van der Waals surface area contributed by atoms with E-state index in [0.29, 0.717) is 19.0 Å². The molecule has 1 fully saturated rings. The average molecular weight is 332 g/mol. The molecule has 132 valence electrons. The van der Waals surface area contributed by atoms with Crippen molar-refractivity contribution in [3.8, 4) is 0 Å². The minimum Gasteiger partial charge on any atom is -0.395 e. The predicted molar refractivity (Wildman–Crippen MR) is 94.5 cm³/mol. The van der Waals surface area contributed by atoms with Crippen LogP contribution in [0, 0.1) is 5.92 Å². The Morgan fingerprint density at radius 2 is 2.42 bits per heavy atom. The normalized spacial score (nSPS) is 21.2. The summed E-state index contributed by atoms with van der Waals surface area (Å²) in [4.78, 5) is 20.7. The first-order valence-corrected chi connectivity index (χ1v) is 8.53. The van der Waals surface area contributed by atoms with Gasteiger partial charge in [-0.25, -0.2) is 4.79 Å². The Hall–Kier alpha value is -1.92. The molecule has 0 spiro atoms. The molecule has 2 unspecified atom stereocenters. The number of nitrogens with zero attached hydrogens (tertiary/aromatic N) is 3. The molecule has 0 radical (unpaired) electrons. The van der Waals surface area contributed by atoms with Crippen LogP contribution in [0.25, 0.3) is 0 Å². The van der Waals surface area contributed by atoms with Crippen molar-refractivity contribution >= 4 is 6.03 Å². The molecule has 2 atom stereocenters. The fourth-order valence-corrected chi connectivity index (χ4v) is 3.11. The molecule has 0 aliphatic carbocycles. The van der Waals surface area contributed by atoms with Gasteiger partial charge in [0, 0.05) is 45.0 Å². The van der Waals surface area contributed by atoms with Gasteiger partial charge in [0.15, 0.2) is 0 Å². The van der Waals surface area contributed by atoms with Crippen LogP contribution < -0.4 is 5.32 Å². The molecule has 2 N–H and O–H groups in total. The van der Waals surface area contributed by atoms with Crippen LogP contribution in [0.2, 0.25) is 0 Å². The van der Waals surface area contributed by atoms with E-state index in [9.17, 15) is 4.79 Å². The molecule has 0 aromatic carbocycles. The van der Waals surface area contributed by atoms with Crippen LogP contribution in [-0.4, -0.2) is 64.7 Å². The van der Waals surface area contributed by atoms with Crippen molar-refractivity contribution in [1.29, 1.82) is 0 Å². The zero-order chi connectivity index (χ0) is 17.4. The highest BCUT2D eigenvalue weighted by molar-refractivity contribution is 5.74. The SMILES string of the molecule is C=CCN(CCO)C(=O)NC1CCN(Cc2ccccn2)CC1C. The number of amides is 2. The Morgan fingerprint density at radius 3 is 3.04 bits per heavy atom. The number of aliphatic hydroxyl groups is 1. The second kappa shape index (κ2) is 9.39. The second-order valence-electron chi connectivity index (χ2n) is 6.34. The van der Waals surface area contributed by atoms with Crippen molar-refractivity contribution in [3.63, 3.8) is 0 Å². The highest BCUT2D eigenvalue weighted by Gasteiger charge is 2.28. The summed E-state index contributed by atoms with van der Waals surface area (Å²) in [5.41, 5.74) is 1.08. The maximum atomic E-state index is 12.3. The van der Waals surface area contributed by atoms with Crippen LogP contribution in [0.15, 0.2) is 37.1 Å². The number of urea groups is 1. The Balaban J connectivity index is 1.84. The van der Waals surface area contributed by atoms with Crippen molar-refractivity contribution in [2.24, 2.45) is 5.92 Å². The number of nitrogens with one attached hydrogen (secondary N) is 1. The quantitative estimate of drug-likeness (QED) is 0.742. The third-order valence-corrected chi connectivity index (χ3v) is 4.42. The van der Waals surface area contributed by atoms with E-state index in [2.05, 4.69) is 28.7 Å². The summed E-state index contributed by atoms with van der Waals surface area (Å²) in [7, 11) is 0. The van der Waals surface area contributed by atoms with Gasteiger partial charge in [-0.05, 0) is 24.5 Å². The lowest BCUT2D eigenvalue weighted by molar-refractivity contribution is 0.131. The van der Waals surface area contributed by atoms with Gasteiger partial charge >= 0.3 is 6.03 Å². The van der Waals surface area contributed by atoms with Crippen LogP contribution in [0.3, 0.4) is 0 Å². The van der Waals surface area contributed by atoms with Gasteiger partial charge < -0.3 is 15.3 Å². The molecule has 1 saturated heterocycles. The van der Waals surface area contributed by atoms with E-state index in [1.807, 2.05) is 24.4 Å². The molecule has 6 heteroatoms. The molecule has 2 rings (SSSR count). The number of hydrogen-bond acceptors (Lipinski definition) is 4. The number of carbonyl (C=O) groups excluding carboxylic acids is 1. The minimum atomic E-state index is -0.126. The minimum absolute atomic E-state index is 0.0423.